The van der Waals surface area contributed by atoms with Gasteiger partial charge in [0, 0.05) is 25.6 Å². The fourth-order valence-electron chi connectivity index (χ4n) is 1.85. The number of amides is 1. The summed E-state index contributed by atoms with van der Waals surface area (Å²) >= 11 is 0. The molecule has 4 heteroatoms. The number of rotatable bonds is 4. The van der Waals surface area contributed by atoms with Crippen LogP contribution < -0.4 is 11.1 Å². The number of hydrogen-bond acceptors (Lipinski definition) is 3. The molecule has 0 aliphatic heterocycles. The van der Waals surface area contributed by atoms with Gasteiger partial charge in [-0.3, -0.25) is 4.79 Å². The van der Waals surface area contributed by atoms with E-state index in [4.69, 9.17) is 10.5 Å². The molecule has 2 unspecified atom stereocenters. The molecule has 1 rings (SSSR count). The van der Waals surface area contributed by atoms with E-state index in [1.807, 2.05) is 0 Å². The van der Waals surface area contributed by atoms with Gasteiger partial charge in [-0.15, -0.1) is 0 Å². The van der Waals surface area contributed by atoms with E-state index < -0.39 is 0 Å². The zero-order valence-electron chi connectivity index (χ0n) is 8.79. The minimum absolute atomic E-state index is 0.0750. The molecule has 0 saturated heterocycles. The number of nitrogens with two attached hydrogens (primary N) is 1. The normalized spacial score (nSPS) is 27.3. The van der Waals surface area contributed by atoms with E-state index in [0.717, 1.165) is 25.7 Å². The van der Waals surface area contributed by atoms with Gasteiger partial charge in [0.05, 0.1) is 6.61 Å². The summed E-state index contributed by atoms with van der Waals surface area (Å²) < 4.78 is 4.84. The molecule has 0 spiro atoms. The van der Waals surface area contributed by atoms with Crippen LogP contribution in [-0.4, -0.2) is 31.7 Å². The molecule has 1 aliphatic rings. The van der Waals surface area contributed by atoms with Gasteiger partial charge in [0.25, 0.3) is 0 Å². The van der Waals surface area contributed by atoms with Crippen LogP contribution in [0.3, 0.4) is 0 Å². The quantitative estimate of drug-likeness (QED) is 0.691. The highest BCUT2D eigenvalue weighted by Crippen LogP contribution is 2.16. The third-order valence-electron chi connectivity index (χ3n) is 2.61. The molecule has 1 amide bonds. The maximum absolute atomic E-state index is 11.3. The Kier molecular flexibility index (Phi) is 4.90. The number of hydrogen-bond donors (Lipinski definition) is 2. The van der Waals surface area contributed by atoms with Crippen molar-refractivity contribution in [1.29, 1.82) is 0 Å². The predicted octanol–water partition coefficient (Wildman–Crippen LogP) is 0.409. The van der Waals surface area contributed by atoms with Crippen molar-refractivity contribution in [3.05, 3.63) is 0 Å². The Hall–Kier alpha value is -0.610. The van der Waals surface area contributed by atoms with Gasteiger partial charge in [-0.1, -0.05) is 0 Å². The summed E-state index contributed by atoms with van der Waals surface area (Å²) in [7, 11) is 1.60. The highest BCUT2D eigenvalue weighted by atomic mass is 16.5. The molecule has 0 aromatic rings. The maximum atomic E-state index is 11.3. The minimum atomic E-state index is 0.0750. The summed E-state index contributed by atoms with van der Waals surface area (Å²) in [5, 5.41) is 2.99. The summed E-state index contributed by atoms with van der Waals surface area (Å²) in [6.45, 7) is 0.491. The first kappa shape index (κ1) is 11.5. The van der Waals surface area contributed by atoms with Gasteiger partial charge in [0.15, 0.2) is 0 Å². The van der Waals surface area contributed by atoms with Gasteiger partial charge < -0.3 is 15.8 Å². The largest absolute Gasteiger partial charge is 0.384 e. The van der Waals surface area contributed by atoms with Crippen molar-refractivity contribution < 1.29 is 9.53 Å². The first-order chi connectivity index (χ1) is 6.72. The van der Waals surface area contributed by atoms with Gasteiger partial charge in [-0.05, 0) is 25.7 Å². The molecule has 14 heavy (non-hydrogen) atoms. The standard InChI is InChI=1S/C10H20N2O2/c1-14-6-5-10(13)12-9-4-2-3-8(11)7-9/h8-9H,2-7,11H2,1H3,(H,12,13). The maximum Gasteiger partial charge on any atom is 0.222 e. The Morgan fingerprint density at radius 2 is 2.36 bits per heavy atom. The van der Waals surface area contributed by atoms with Crippen molar-refractivity contribution in [2.24, 2.45) is 5.73 Å². The minimum Gasteiger partial charge on any atom is -0.384 e. The Bertz CT molecular complexity index is 185. The summed E-state index contributed by atoms with van der Waals surface area (Å²) in [6.07, 6.45) is 4.63. The molecule has 1 fully saturated rings. The molecule has 0 radical (unpaired) electrons. The van der Waals surface area contributed by atoms with Crippen LogP contribution in [0.5, 0.6) is 0 Å². The lowest BCUT2D eigenvalue weighted by molar-refractivity contribution is -0.122. The number of carbonyl (C=O) groups is 1. The molecular weight excluding hydrogens is 180 g/mol. The van der Waals surface area contributed by atoms with Crippen LogP contribution in [0, 0.1) is 0 Å². The van der Waals surface area contributed by atoms with Gasteiger partial charge in [0.1, 0.15) is 0 Å². The lowest BCUT2D eigenvalue weighted by atomic mass is 9.91. The summed E-state index contributed by atoms with van der Waals surface area (Å²) in [5.41, 5.74) is 5.82. The smallest absolute Gasteiger partial charge is 0.222 e. The summed E-state index contributed by atoms with van der Waals surface area (Å²) in [6, 6.07) is 0.541. The Morgan fingerprint density at radius 1 is 1.57 bits per heavy atom. The fourth-order valence-corrected chi connectivity index (χ4v) is 1.85. The molecule has 0 aromatic heterocycles. The average molecular weight is 200 g/mol. The average Bonchev–Trinajstić information content (AvgIpc) is 2.15. The predicted molar refractivity (Wildman–Crippen MR) is 54.9 cm³/mol. The van der Waals surface area contributed by atoms with Crippen LogP contribution in [0.2, 0.25) is 0 Å². The van der Waals surface area contributed by atoms with Crippen LogP contribution in [0.15, 0.2) is 0 Å². The van der Waals surface area contributed by atoms with E-state index in [-0.39, 0.29) is 18.0 Å². The van der Waals surface area contributed by atoms with E-state index in [0.29, 0.717) is 13.0 Å². The molecule has 82 valence electrons. The lowest BCUT2D eigenvalue weighted by Gasteiger charge is -2.27. The van der Waals surface area contributed by atoms with E-state index in [1.165, 1.54) is 0 Å². The van der Waals surface area contributed by atoms with Crippen LogP contribution in [0.25, 0.3) is 0 Å². The summed E-state index contributed by atoms with van der Waals surface area (Å²) in [4.78, 5) is 11.3. The van der Waals surface area contributed by atoms with Crippen LogP contribution in [-0.2, 0) is 9.53 Å². The Balaban J connectivity index is 2.18. The number of ether oxygens (including phenoxy) is 1. The van der Waals surface area contributed by atoms with E-state index >= 15 is 0 Å². The zero-order valence-corrected chi connectivity index (χ0v) is 8.79. The van der Waals surface area contributed by atoms with Crippen LogP contribution in [0.1, 0.15) is 32.1 Å². The fraction of sp³-hybridized carbons (Fsp3) is 0.900. The van der Waals surface area contributed by atoms with Crippen LogP contribution in [0.4, 0.5) is 0 Å². The number of methoxy groups -OCH3 is 1. The van der Waals surface area contributed by atoms with Crippen molar-refractivity contribution in [3.63, 3.8) is 0 Å². The molecule has 0 bridgehead atoms. The first-order valence-electron chi connectivity index (χ1n) is 5.26. The topological polar surface area (TPSA) is 64.3 Å². The second kappa shape index (κ2) is 5.98. The highest BCUT2D eigenvalue weighted by Gasteiger charge is 2.20. The Labute approximate surface area is 85.2 Å². The monoisotopic (exact) mass is 200 g/mol. The number of nitrogens with one attached hydrogen (secondary N) is 1. The lowest BCUT2D eigenvalue weighted by Crippen LogP contribution is -2.42. The zero-order chi connectivity index (χ0) is 10.4. The highest BCUT2D eigenvalue weighted by molar-refractivity contribution is 5.76. The molecule has 3 N–H and O–H groups in total. The number of carbonyl (C=O) groups excluding carboxylic acids is 1. The van der Waals surface area contributed by atoms with Gasteiger partial charge in [-0.25, -0.2) is 0 Å². The molecule has 2 atom stereocenters. The second-order valence-electron chi connectivity index (χ2n) is 3.93. The van der Waals surface area contributed by atoms with Gasteiger partial charge in [-0.2, -0.15) is 0 Å². The molecule has 1 aliphatic carbocycles. The Morgan fingerprint density at radius 3 is 3.00 bits per heavy atom. The van der Waals surface area contributed by atoms with Gasteiger partial charge in [0.2, 0.25) is 5.91 Å². The van der Waals surface area contributed by atoms with Gasteiger partial charge >= 0.3 is 0 Å². The van der Waals surface area contributed by atoms with Crippen molar-refractivity contribution in [2.75, 3.05) is 13.7 Å². The third-order valence-corrected chi connectivity index (χ3v) is 2.61. The van der Waals surface area contributed by atoms with Crippen molar-refractivity contribution in [3.8, 4) is 0 Å². The summed E-state index contributed by atoms with van der Waals surface area (Å²) in [5.74, 6) is 0.0750. The van der Waals surface area contributed by atoms with Crippen molar-refractivity contribution in [1.82, 2.24) is 5.32 Å². The molecule has 1 saturated carbocycles. The third kappa shape index (κ3) is 4.07. The second-order valence-corrected chi connectivity index (χ2v) is 3.93. The van der Waals surface area contributed by atoms with Crippen LogP contribution >= 0.6 is 0 Å². The molecule has 0 heterocycles. The van der Waals surface area contributed by atoms with E-state index in [2.05, 4.69) is 5.32 Å². The molecular formula is C10H20N2O2. The molecule has 4 nitrogen and oxygen atoms in total. The SMILES string of the molecule is COCCC(=O)NC1CCCC(N)C1. The van der Waals surface area contributed by atoms with Crippen molar-refractivity contribution >= 4 is 5.91 Å². The molecule has 0 aromatic carbocycles. The van der Waals surface area contributed by atoms with E-state index in [1.54, 1.807) is 7.11 Å². The first-order valence-corrected chi connectivity index (χ1v) is 5.26. The van der Waals surface area contributed by atoms with E-state index in [9.17, 15) is 4.79 Å². The van der Waals surface area contributed by atoms with Crippen molar-refractivity contribution in [2.45, 2.75) is 44.2 Å².